The minimum Gasteiger partial charge on any atom is -0.396 e. The summed E-state index contributed by atoms with van der Waals surface area (Å²) in [5.41, 5.74) is 0. The van der Waals surface area contributed by atoms with Crippen molar-refractivity contribution in [3.8, 4) is 0 Å². The fourth-order valence-corrected chi connectivity index (χ4v) is 5.88. The Hall–Kier alpha value is -1.00. The van der Waals surface area contributed by atoms with Gasteiger partial charge in [0.05, 0.1) is 6.10 Å². The van der Waals surface area contributed by atoms with E-state index in [1.807, 2.05) is 0 Å². The normalized spacial score (nSPS) is 20.7. The van der Waals surface area contributed by atoms with Crippen LogP contribution >= 0.6 is 11.3 Å². The summed E-state index contributed by atoms with van der Waals surface area (Å²) in [6, 6.07) is 1.21. The van der Waals surface area contributed by atoms with E-state index in [4.69, 9.17) is 0 Å². The van der Waals surface area contributed by atoms with Crippen LogP contribution in [0.15, 0.2) is 16.3 Å². The van der Waals surface area contributed by atoms with E-state index in [-0.39, 0.29) is 29.0 Å². The molecule has 2 atom stereocenters. The number of aliphatic hydroxyl groups is 2. The van der Waals surface area contributed by atoms with Gasteiger partial charge in [-0.3, -0.25) is 4.79 Å². The molecule has 7 nitrogen and oxygen atoms in total. The van der Waals surface area contributed by atoms with E-state index >= 15 is 0 Å². The summed E-state index contributed by atoms with van der Waals surface area (Å²) < 4.78 is 27.5. The number of nitrogens with one attached hydrogen (secondary N) is 1. The quantitative estimate of drug-likeness (QED) is 0.652. The first-order valence-electron chi connectivity index (χ1n) is 8.04. The molecule has 1 saturated heterocycles. The van der Waals surface area contributed by atoms with Gasteiger partial charge in [0.25, 0.3) is 5.91 Å². The molecule has 0 aliphatic carbocycles. The van der Waals surface area contributed by atoms with Crippen LogP contribution in [-0.2, 0) is 10.0 Å². The van der Waals surface area contributed by atoms with Crippen LogP contribution in [0.3, 0.4) is 0 Å². The van der Waals surface area contributed by atoms with Crippen LogP contribution in [-0.4, -0.2) is 60.7 Å². The Bertz CT molecular complexity index is 655. The Morgan fingerprint density at radius 2 is 2.25 bits per heavy atom. The number of nitrogens with zero attached hydrogens (tertiary/aromatic N) is 1. The lowest BCUT2D eigenvalue weighted by atomic mass is 10.0. The topological polar surface area (TPSA) is 107 Å². The van der Waals surface area contributed by atoms with Crippen molar-refractivity contribution in [2.24, 2.45) is 0 Å². The van der Waals surface area contributed by atoms with Crippen molar-refractivity contribution in [2.45, 2.75) is 49.6 Å². The average molecular weight is 377 g/mol. The standard InChI is InChI=1S/C15H24N2O5S2/c1-11(19)10-16-15(20)14-13(6-9-23-14)24(21,22)17-7-3-2-4-12(17)5-8-18/h6,9,11-12,18-19H,2-5,7-8,10H2,1H3,(H,16,20)/t11-,12?/m1/s1. The number of sulfonamides is 1. The Morgan fingerprint density at radius 1 is 1.50 bits per heavy atom. The molecule has 0 saturated carbocycles. The van der Waals surface area contributed by atoms with Crippen molar-refractivity contribution in [1.29, 1.82) is 0 Å². The summed E-state index contributed by atoms with van der Waals surface area (Å²) in [5.74, 6) is -0.500. The second-order valence-electron chi connectivity index (χ2n) is 5.95. The fraction of sp³-hybridized carbons (Fsp3) is 0.667. The number of carbonyl (C=O) groups is 1. The van der Waals surface area contributed by atoms with Crippen LogP contribution < -0.4 is 5.32 Å². The minimum atomic E-state index is -3.79. The molecule has 1 aromatic heterocycles. The van der Waals surface area contributed by atoms with Crippen LogP contribution in [0.1, 0.15) is 42.3 Å². The van der Waals surface area contributed by atoms with Crippen LogP contribution in [0, 0.1) is 0 Å². The molecule has 1 amide bonds. The van der Waals surface area contributed by atoms with Crippen LogP contribution in [0.2, 0.25) is 0 Å². The molecule has 136 valence electrons. The van der Waals surface area contributed by atoms with Gasteiger partial charge in [-0.2, -0.15) is 4.31 Å². The van der Waals surface area contributed by atoms with Crippen LogP contribution in [0.5, 0.6) is 0 Å². The molecule has 0 radical (unpaired) electrons. The minimum absolute atomic E-state index is 0.000401. The third kappa shape index (κ3) is 4.34. The lowest BCUT2D eigenvalue weighted by molar-refractivity contribution is 0.0924. The summed E-state index contributed by atoms with van der Waals surface area (Å²) in [5, 5.41) is 22.6. The van der Waals surface area contributed by atoms with E-state index in [9.17, 15) is 23.4 Å². The first-order valence-corrected chi connectivity index (χ1v) is 10.4. The Morgan fingerprint density at radius 3 is 2.92 bits per heavy atom. The number of hydrogen-bond acceptors (Lipinski definition) is 6. The van der Waals surface area contributed by atoms with E-state index < -0.39 is 22.0 Å². The molecule has 1 aliphatic rings. The molecule has 1 fully saturated rings. The molecule has 0 aromatic carbocycles. The van der Waals surface area contributed by atoms with Gasteiger partial charge in [0.15, 0.2) is 0 Å². The van der Waals surface area contributed by atoms with E-state index in [1.54, 1.807) is 12.3 Å². The second kappa shape index (κ2) is 8.39. The zero-order valence-corrected chi connectivity index (χ0v) is 15.3. The molecule has 9 heteroatoms. The third-order valence-corrected chi connectivity index (χ3v) is 7.05. The first-order chi connectivity index (χ1) is 11.4. The molecule has 1 aliphatic heterocycles. The number of amides is 1. The number of carbonyl (C=O) groups excluding carboxylic acids is 1. The zero-order valence-electron chi connectivity index (χ0n) is 13.6. The van der Waals surface area contributed by atoms with E-state index in [1.165, 1.54) is 10.4 Å². The van der Waals surface area contributed by atoms with E-state index in [2.05, 4.69) is 5.32 Å². The van der Waals surface area contributed by atoms with Crippen LogP contribution in [0.4, 0.5) is 0 Å². The predicted octanol–water partition coefficient (Wildman–Crippen LogP) is 0.784. The number of aliphatic hydroxyl groups excluding tert-OH is 2. The van der Waals surface area contributed by atoms with Gasteiger partial charge in [-0.05, 0) is 37.6 Å². The van der Waals surface area contributed by atoms with Crippen molar-refractivity contribution in [3.05, 3.63) is 16.3 Å². The largest absolute Gasteiger partial charge is 0.396 e. The van der Waals surface area contributed by atoms with Crippen molar-refractivity contribution in [2.75, 3.05) is 19.7 Å². The number of thiophene rings is 1. The lowest BCUT2D eigenvalue weighted by Crippen LogP contribution is -2.44. The summed E-state index contributed by atoms with van der Waals surface area (Å²) in [7, 11) is -3.79. The summed E-state index contributed by atoms with van der Waals surface area (Å²) >= 11 is 1.07. The highest BCUT2D eigenvalue weighted by molar-refractivity contribution is 7.89. The highest BCUT2D eigenvalue weighted by atomic mass is 32.2. The molecule has 0 bridgehead atoms. The van der Waals surface area contributed by atoms with Gasteiger partial charge in [0.2, 0.25) is 10.0 Å². The second-order valence-corrected chi connectivity index (χ2v) is 8.73. The molecule has 2 rings (SSSR count). The van der Waals surface area contributed by atoms with Crippen molar-refractivity contribution in [1.82, 2.24) is 9.62 Å². The highest BCUT2D eigenvalue weighted by Gasteiger charge is 2.36. The Labute approximate surface area is 146 Å². The molecule has 3 N–H and O–H groups in total. The molecular formula is C15H24N2O5S2. The third-order valence-electron chi connectivity index (χ3n) is 4.02. The van der Waals surface area contributed by atoms with Gasteiger partial charge in [0, 0.05) is 25.7 Å². The molecule has 1 aromatic rings. The van der Waals surface area contributed by atoms with Crippen molar-refractivity contribution < 1.29 is 23.4 Å². The monoisotopic (exact) mass is 376 g/mol. The maximum absolute atomic E-state index is 13.0. The maximum atomic E-state index is 13.0. The van der Waals surface area contributed by atoms with Gasteiger partial charge in [-0.15, -0.1) is 11.3 Å². The van der Waals surface area contributed by atoms with Gasteiger partial charge in [-0.1, -0.05) is 6.42 Å². The molecule has 2 heterocycles. The Kier molecular flexibility index (Phi) is 6.76. The van der Waals surface area contributed by atoms with E-state index in [0.29, 0.717) is 19.4 Å². The van der Waals surface area contributed by atoms with Gasteiger partial charge < -0.3 is 15.5 Å². The van der Waals surface area contributed by atoms with E-state index in [0.717, 1.165) is 24.2 Å². The molecule has 24 heavy (non-hydrogen) atoms. The van der Waals surface area contributed by atoms with Crippen molar-refractivity contribution >= 4 is 27.3 Å². The number of hydrogen-bond donors (Lipinski definition) is 3. The van der Waals surface area contributed by atoms with Gasteiger partial charge in [0.1, 0.15) is 9.77 Å². The molecular weight excluding hydrogens is 352 g/mol. The smallest absolute Gasteiger partial charge is 0.262 e. The van der Waals surface area contributed by atoms with Crippen molar-refractivity contribution in [3.63, 3.8) is 0 Å². The fourth-order valence-electron chi connectivity index (χ4n) is 2.84. The predicted molar refractivity (Wildman–Crippen MR) is 91.6 cm³/mol. The number of piperidine rings is 1. The number of rotatable bonds is 7. The molecule has 1 unspecified atom stereocenters. The first kappa shape index (κ1) is 19.3. The van der Waals surface area contributed by atoms with Gasteiger partial charge >= 0.3 is 0 Å². The molecule has 0 spiro atoms. The van der Waals surface area contributed by atoms with Crippen LogP contribution in [0.25, 0.3) is 0 Å². The zero-order chi connectivity index (χ0) is 17.7. The summed E-state index contributed by atoms with van der Waals surface area (Å²) in [6.07, 6.45) is 2.11. The Balaban J connectivity index is 2.26. The SMILES string of the molecule is C[C@@H](O)CNC(=O)c1sccc1S(=O)(=O)N1CCCCC1CCO. The lowest BCUT2D eigenvalue weighted by Gasteiger charge is -2.34. The average Bonchev–Trinajstić information content (AvgIpc) is 3.04. The van der Waals surface area contributed by atoms with Gasteiger partial charge in [-0.25, -0.2) is 8.42 Å². The summed E-state index contributed by atoms with van der Waals surface area (Å²) in [4.78, 5) is 12.4. The highest BCUT2D eigenvalue weighted by Crippen LogP contribution is 2.30. The summed E-state index contributed by atoms with van der Waals surface area (Å²) in [6.45, 7) is 1.94. The maximum Gasteiger partial charge on any atom is 0.262 e.